The maximum Gasteiger partial charge on any atom is 0.341 e. The van der Waals surface area contributed by atoms with Gasteiger partial charge in [0.25, 0.3) is 5.78 Å². The average Bonchev–Trinajstić information content (AvgIpc) is 3.64. The lowest BCUT2D eigenvalue weighted by molar-refractivity contribution is -0.177. The maximum atomic E-state index is 13.6. The van der Waals surface area contributed by atoms with E-state index in [1.807, 2.05) is 0 Å². The van der Waals surface area contributed by atoms with Gasteiger partial charge in [0.2, 0.25) is 5.16 Å². The van der Waals surface area contributed by atoms with Crippen LogP contribution in [-0.2, 0) is 25.5 Å². The second-order valence-electron chi connectivity index (χ2n) is 10.1. The van der Waals surface area contributed by atoms with Crippen molar-refractivity contribution in [2.24, 2.45) is 5.92 Å². The van der Waals surface area contributed by atoms with E-state index in [0.29, 0.717) is 29.4 Å². The predicted octanol–water partition coefficient (Wildman–Crippen LogP) is 4.51. The molecule has 2 aliphatic rings. The quantitative estimate of drug-likeness (QED) is 0.240. The molecule has 0 bridgehead atoms. The van der Waals surface area contributed by atoms with Crippen LogP contribution in [-0.4, -0.2) is 69.0 Å². The number of rotatable bonds is 10. The summed E-state index contributed by atoms with van der Waals surface area (Å²) in [4.78, 5) is 47.5. The number of carbonyl (C=O) groups excluding carboxylic acids is 3. The van der Waals surface area contributed by atoms with Gasteiger partial charge in [0, 0.05) is 24.9 Å². The monoisotopic (exact) mass is 602 g/mol. The van der Waals surface area contributed by atoms with Gasteiger partial charge >= 0.3 is 11.9 Å². The molecule has 1 saturated heterocycles. The molecule has 1 saturated carbocycles. The average molecular weight is 603 g/mol. The van der Waals surface area contributed by atoms with Gasteiger partial charge in [-0.3, -0.25) is 9.59 Å². The molecule has 218 valence electrons. The van der Waals surface area contributed by atoms with Crippen LogP contribution in [0.1, 0.15) is 61.4 Å². The Bertz CT molecular complexity index is 1460. The van der Waals surface area contributed by atoms with Crippen LogP contribution in [0, 0.1) is 5.92 Å². The van der Waals surface area contributed by atoms with Crippen molar-refractivity contribution in [1.29, 1.82) is 0 Å². The third kappa shape index (κ3) is 5.99. The van der Waals surface area contributed by atoms with Gasteiger partial charge in [-0.25, -0.2) is 14.3 Å². The van der Waals surface area contributed by atoms with Crippen molar-refractivity contribution in [3.05, 3.63) is 40.7 Å². The molecule has 1 aliphatic heterocycles. The molecule has 1 aliphatic carbocycles. The molecule has 3 heterocycles. The van der Waals surface area contributed by atoms with Gasteiger partial charge in [0.05, 0.1) is 31.4 Å². The minimum Gasteiger partial charge on any atom is -0.496 e. The maximum absolute atomic E-state index is 13.6. The summed E-state index contributed by atoms with van der Waals surface area (Å²) in [6.07, 6.45) is 7.69. The molecule has 0 N–H and O–H groups in total. The molecule has 0 radical (unpaired) electrons. The lowest BCUT2D eigenvalue weighted by Gasteiger charge is -2.42. The van der Waals surface area contributed by atoms with E-state index in [4.69, 9.17) is 30.5 Å². The SMILES string of the molecule is CCOC(=O)c1cnc2nc(SC3C(=O)CC(CCc4cc(Cl)c(OC)cc4OC)(C4CCCC4)OC3=O)nn2c1. The number of hydrogen-bond acceptors (Lipinski definition) is 11. The first kappa shape index (κ1) is 29.1. The first-order valence-electron chi connectivity index (χ1n) is 13.5. The number of fused-ring (bicyclic) bond motifs is 1. The third-order valence-corrected chi connectivity index (χ3v) is 9.03. The van der Waals surface area contributed by atoms with E-state index in [9.17, 15) is 14.4 Å². The van der Waals surface area contributed by atoms with Crippen LogP contribution < -0.4 is 9.47 Å². The molecule has 2 atom stereocenters. The topological polar surface area (TPSA) is 131 Å². The first-order chi connectivity index (χ1) is 19.8. The van der Waals surface area contributed by atoms with Gasteiger partial charge in [-0.15, -0.1) is 5.10 Å². The highest BCUT2D eigenvalue weighted by Crippen LogP contribution is 2.46. The number of esters is 2. The van der Waals surface area contributed by atoms with Gasteiger partial charge in [0.15, 0.2) is 11.0 Å². The van der Waals surface area contributed by atoms with Crippen LogP contribution in [0.25, 0.3) is 5.78 Å². The normalized spacial score (nSPS) is 21.2. The highest BCUT2D eigenvalue weighted by atomic mass is 35.5. The summed E-state index contributed by atoms with van der Waals surface area (Å²) in [5.41, 5.74) is 0.144. The van der Waals surface area contributed by atoms with Crippen molar-refractivity contribution in [2.75, 3.05) is 20.8 Å². The zero-order valence-electron chi connectivity index (χ0n) is 23.1. The van der Waals surface area contributed by atoms with Gasteiger partial charge < -0.3 is 18.9 Å². The van der Waals surface area contributed by atoms with E-state index in [1.165, 1.54) is 24.0 Å². The Labute approximate surface area is 246 Å². The van der Waals surface area contributed by atoms with Crippen molar-refractivity contribution in [3.63, 3.8) is 0 Å². The van der Waals surface area contributed by atoms with Crippen LogP contribution in [0.5, 0.6) is 11.5 Å². The van der Waals surface area contributed by atoms with Crippen LogP contribution in [0.4, 0.5) is 0 Å². The third-order valence-electron chi connectivity index (χ3n) is 7.66. The Morgan fingerprint density at radius 3 is 2.63 bits per heavy atom. The highest BCUT2D eigenvalue weighted by molar-refractivity contribution is 8.01. The lowest BCUT2D eigenvalue weighted by atomic mass is 9.76. The Morgan fingerprint density at radius 1 is 1.20 bits per heavy atom. The number of nitrogens with zero attached hydrogens (tertiary/aromatic N) is 4. The van der Waals surface area contributed by atoms with Crippen molar-refractivity contribution < 1.29 is 33.3 Å². The number of aryl methyl sites for hydroxylation is 1. The summed E-state index contributed by atoms with van der Waals surface area (Å²) in [7, 11) is 3.11. The summed E-state index contributed by atoms with van der Waals surface area (Å²) >= 11 is 7.31. The van der Waals surface area contributed by atoms with Crippen LogP contribution in [0.3, 0.4) is 0 Å². The zero-order valence-corrected chi connectivity index (χ0v) is 24.6. The number of carbonyl (C=O) groups is 3. The number of ketones is 1. The van der Waals surface area contributed by atoms with Crippen molar-refractivity contribution in [1.82, 2.24) is 19.6 Å². The van der Waals surface area contributed by atoms with Crippen LogP contribution in [0.15, 0.2) is 29.7 Å². The van der Waals surface area contributed by atoms with Crippen molar-refractivity contribution >= 4 is 46.9 Å². The van der Waals surface area contributed by atoms with Gasteiger partial charge in [0.1, 0.15) is 17.1 Å². The molecule has 2 aromatic heterocycles. The number of cyclic esters (lactones) is 1. The predicted molar refractivity (Wildman–Crippen MR) is 150 cm³/mol. The van der Waals surface area contributed by atoms with Crippen LogP contribution >= 0.6 is 23.4 Å². The summed E-state index contributed by atoms with van der Waals surface area (Å²) in [6.45, 7) is 1.94. The van der Waals surface area contributed by atoms with E-state index in [-0.39, 0.29) is 41.2 Å². The molecule has 0 amide bonds. The molecule has 3 aromatic rings. The first-order valence-corrected chi connectivity index (χ1v) is 14.7. The van der Waals surface area contributed by atoms with Gasteiger partial charge in [-0.1, -0.05) is 36.2 Å². The number of benzene rings is 1. The summed E-state index contributed by atoms with van der Waals surface area (Å²) in [6, 6.07) is 3.53. The summed E-state index contributed by atoms with van der Waals surface area (Å²) in [5.74, 6) is 0.0749. The minimum atomic E-state index is -1.10. The van der Waals surface area contributed by atoms with E-state index >= 15 is 0 Å². The molecule has 2 unspecified atom stereocenters. The highest BCUT2D eigenvalue weighted by Gasteiger charge is 2.52. The molecule has 5 rings (SSSR count). The minimum absolute atomic E-state index is 0.0832. The molecular formula is C28H31ClN4O7S. The van der Waals surface area contributed by atoms with E-state index in [2.05, 4.69) is 15.1 Å². The molecule has 13 heteroatoms. The molecule has 41 heavy (non-hydrogen) atoms. The number of methoxy groups -OCH3 is 2. The molecule has 0 spiro atoms. The number of aromatic nitrogens is 4. The Kier molecular flexibility index (Phi) is 8.69. The van der Waals surface area contributed by atoms with E-state index in [1.54, 1.807) is 26.2 Å². The number of hydrogen-bond donors (Lipinski definition) is 0. The fraction of sp³-hybridized carbons (Fsp3) is 0.500. The lowest BCUT2D eigenvalue weighted by Crippen LogP contribution is -2.53. The van der Waals surface area contributed by atoms with Crippen molar-refractivity contribution in [2.45, 2.75) is 67.9 Å². The Morgan fingerprint density at radius 2 is 1.95 bits per heavy atom. The zero-order chi connectivity index (χ0) is 29.1. The summed E-state index contributed by atoms with van der Waals surface area (Å²) in [5, 5.41) is 3.85. The fourth-order valence-corrected chi connectivity index (χ4v) is 6.75. The Hall–Kier alpha value is -3.38. The smallest absolute Gasteiger partial charge is 0.341 e. The fourth-order valence-electron chi connectivity index (χ4n) is 5.65. The van der Waals surface area contributed by atoms with Crippen LogP contribution in [0.2, 0.25) is 5.02 Å². The molecule has 1 aromatic carbocycles. The standard InChI is InChI=1S/C28H31ClN4O7S/c1-4-39-24(35)17-14-30-26-31-27(32-33(26)15-17)41-23-20(34)13-28(40-25(23)36,18-7-5-6-8-18)10-9-16-11-19(29)22(38-3)12-21(16)37-2/h11-12,14-15,18,23H,4-10,13H2,1-3H3. The second kappa shape index (κ2) is 12.2. The second-order valence-corrected chi connectivity index (χ2v) is 11.6. The van der Waals surface area contributed by atoms with E-state index < -0.39 is 22.8 Å². The van der Waals surface area contributed by atoms with Crippen molar-refractivity contribution in [3.8, 4) is 11.5 Å². The molecule has 2 fully saturated rings. The summed E-state index contributed by atoms with van der Waals surface area (Å²) < 4.78 is 23.4. The molecular weight excluding hydrogens is 572 g/mol. The van der Waals surface area contributed by atoms with Gasteiger partial charge in [-0.05, 0) is 50.2 Å². The number of ether oxygens (including phenoxy) is 4. The van der Waals surface area contributed by atoms with Gasteiger partial charge in [-0.2, -0.15) is 4.98 Å². The Balaban J connectivity index is 1.35. The largest absolute Gasteiger partial charge is 0.496 e. The number of halogens is 1. The molecule has 11 nitrogen and oxygen atoms in total. The van der Waals surface area contributed by atoms with E-state index in [0.717, 1.165) is 43.0 Å². The number of Topliss-reactive ketones (excluding diaryl/α,β-unsaturated/α-hetero) is 1. The number of thioether (sulfide) groups is 1.